The van der Waals surface area contributed by atoms with E-state index in [1.807, 2.05) is 19.1 Å². The number of rotatable bonds is 5. The summed E-state index contributed by atoms with van der Waals surface area (Å²) in [4.78, 5) is 0. The molecule has 2 aromatic carbocycles. The predicted molar refractivity (Wildman–Crippen MR) is 77.6 cm³/mol. The third kappa shape index (κ3) is 3.99. The minimum atomic E-state index is -1.18. The first-order valence-corrected chi connectivity index (χ1v) is 7.01. The second kappa shape index (κ2) is 6.96. The van der Waals surface area contributed by atoms with E-state index in [9.17, 15) is 13.2 Å². The van der Waals surface area contributed by atoms with Crippen molar-refractivity contribution >= 4 is 11.6 Å². The van der Waals surface area contributed by atoms with Crippen LogP contribution in [0.15, 0.2) is 36.4 Å². The molecule has 1 unspecified atom stereocenters. The molecule has 0 amide bonds. The Kier molecular flexibility index (Phi) is 5.26. The maximum atomic E-state index is 13.6. The van der Waals surface area contributed by atoms with Gasteiger partial charge in [0.25, 0.3) is 0 Å². The number of nitrogens with one attached hydrogen (secondary N) is 1. The molecule has 5 heteroatoms. The van der Waals surface area contributed by atoms with Gasteiger partial charge in [0.05, 0.1) is 0 Å². The molecule has 2 aromatic rings. The monoisotopic (exact) mass is 313 g/mol. The Morgan fingerprint density at radius 2 is 1.62 bits per heavy atom. The lowest BCUT2D eigenvalue weighted by Crippen LogP contribution is -2.21. The quantitative estimate of drug-likeness (QED) is 0.766. The van der Waals surface area contributed by atoms with Gasteiger partial charge in [-0.2, -0.15) is 0 Å². The minimum absolute atomic E-state index is 0.0187. The van der Waals surface area contributed by atoms with Crippen molar-refractivity contribution < 1.29 is 13.2 Å². The molecule has 21 heavy (non-hydrogen) atoms. The summed E-state index contributed by atoms with van der Waals surface area (Å²) in [5.74, 6) is -2.99. The highest BCUT2D eigenvalue weighted by Gasteiger charge is 2.13. The molecular formula is C16H15ClF3N. The normalized spacial score (nSPS) is 12.4. The van der Waals surface area contributed by atoms with E-state index < -0.39 is 17.5 Å². The van der Waals surface area contributed by atoms with Gasteiger partial charge in [0, 0.05) is 29.2 Å². The van der Waals surface area contributed by atoms with E-state index in [0.717, 1.165) is 18.1 Å². The van der Waals surface area contributed by atoms with Crippen LogP contribution in [0.4, 0.5) is 13.2 Å². The Morgan fingerprint density at radius 1 is 1.00 bits per heavy atom. The van der Waals surface area contributed by atoms with Crippen molar-refractivity contribution in [2.45, 2.75) is 25.9 Å². The van der Waals surface area contributed by atoms with Gasteiger partial charge in [0.15, 0.2) is 11.6 Å². The molecule has 1 atom stereocenters. The smallest absolute Gasteiger partial charge is 0.161 e. The fraction of sp³-hybridized carbons (Fsp3) is 0.250. The van der Waals surface area contributed by atoms with Crippen LogP contribution in [0.5, 0.6) is 0 Å². The van der Waals surface area contributed by atoms with Gasteiger partial charge in [-0.25, -0.2) is 13.2 Å². The molecule has 2 rings (SSSR count). The van der Waals surface area contributed by atoms with E-state index in [4.69, 9.17) is 11.6 Å². The molecular weight excluding hydrogens is 299 g/mol. The molecule has 1 N–H and O–H groups in total. The first-order chi connectivity index (χ1) is 10.0. The first kappa shape index (κ1) is 15.9. The molecule has 0 fully saturated rings. The van der Waals surface area contributed by atoms with Gasteiger partial charge in [-0.3, -0.25) is 0 Å². The van der Waals surface area contributed by atoms with Crippen LogP contribution >= 0.6 is 11.6 Å². The SMILES string of the molecule is CCC(NCc1cc(F)c(F)cc1F)c1ccc(Cl)cc1. The second-order valence-electron chi connectivity index (χ2n) is 4.75. The number of hydrogen-bond donors (Lipinski definition) is 1. The third-order valence-corrected chi connectivity index (χ3v) is 3.56. The van der Waals surface area contributed by atoms with Crippen LogP contribution in [0.2, 0.25) is 5.02 Å². The van der Waals surface area contributed by atoms with Gasteiger partial charge in [-0.05, 0) is 30.2 Å². The zero-order chi connectivity index (χ0) is 15.4. The van der Waals surface area contributed by atoms with E-state index in [0.29, 0.717) is 11.1 Å². The number of benzene rings is 2. The molecule has 0 aliphatic carbocycles. The van der Waals surface area contributed by atoms with Crippen molar-refractivity contribution in [1.82, 2.24) is 5.32 Å². The molecule has 0 aliphatic heterocycles. The number of halogens is 4. The van der Waals surface area contributed by atoms with Gasteiger partial charge in [0.2, 0.25) is 0 Å². The summed E-state index contributed by atoms with van der Waals surface area (Å²) in [5, 5.41) is 3.78. The van der Waals surface area contributed by atoms with Crippen molar-refractivity contribution in [2.24, 2.45) is 0 Å². The van der Waals surface area contributed by atoms with Crippen LogP contribution in [-0.2, 0) is 6.54 Å². The maximum Gasteiger partial charge on any atom is 0.161 e. The molecule has 0 aromatic heterocycles. The Balaban J connectivity index is 2.10. The Bertz CT molecular complexity index is 614. The predicted octanol–water partition coefficient (Wildman–Crippen LogP) is 5.00. The summed E-state index contributed by atoms with van der Waals surface area (Å²) in [6.45, 7) is 2.10. The third-order valence-electron chi connectivity index (χ3n) is 3.31. The zero-order valence-corrected chi connectivity index (χ0v) is 12.2. The molecule has 0 aliphatic rings. The van der Waals surface area contributed by atoms with Crippen molar-refractivity contribution in [3.63, 3.8) is 0 Å². The summed E-state index contributed by atoms with van der Waals surface area (Å²) < 4.78 is 39.6. The van der Waals surface area contributed by atoms with E-state index in [-0.39, 0.29) is 18.2 Å². The lowest BCUT2D eigenvalue weighted by Gasteiger charge is -2.18. The number of hydrogen-bond acceptors (Lipinski definition) is 1. The average molecular weight is 314 g/mol. The molecule has 0 spiro atoms. The lowest BCUT2D eigenvalue weighted by molar-refractivity contribution is 0.474. The molecule has 0 saturated carbocycles. The van der Waals surface area contributed by atoms with Gasteiger partial charge in [-0.1, -0.05) is 30.7 Å². The van der Waals surface area contributed by atoms with E-state index in [1.54, 1.807) is 12.1 Å². The zero-order valence-electron chi connectivity index (χ0n) is 11.5. The van der Waals surface area contributed by atoms with Crippen molar-refractivity contribution in [1.29, 1.82) is 0 Å². The fourth-order valence-corrected chi connectivity index (χ4v) is 2.25. The average Bonchev–Trinajstić information content (AvgIpc) is 2.46. The summed E-state index contributed by atoms with van der Waals surface area (Å²) in [7, 11) is 0. The van der Waals surface area contributed by atoms with Crippen molar-refractivity contribution in [3.05, 3.63) is 70.0 Å². The molecule has 0 saturated heterocycles. The molecule has 0 bridgehead atoms. The van der Waals surface area contributed by atoms with Crippen LogP contribution < -0.4 is 5.32 Å². The van der Waals surface area contributed by atoms with Gasteiger partial charge in [-0.15, -0.1) is 0 Å². The topological polar surface area (TPSA) is 12.0 Å². The highest BCUT2D eigenvalue weighted by Crippen LogP contribution is 2.21. The van der Waals surface area contributed by atoms with Crippen LogP contribution in [0.1, 0.15) is 30.5 Å². The largest absolute Gasteiger partial charge is 0.306 e. The van der Waals surface area contributed by atoms with Gasteiger partial charge >= 0.3 is 0 Å². The Hall–Kier alpha value is -1.52. The Labute approximate surface area is 126 Å². The highest BCUT2D eigenvalue weighted by atomic mass is 35.5. The van der Waals surface area contributed by atoms with Crippen molar-refractivity contribution in [3.8, 4) is 0 Å². The van der Waals surface area contributed by atoms with E-state index >= 15 is 0 Å². The van der Waals surface area contributed by atoms with E-state index in [1.165, 1.54) is 0 Å². The van der Waals surface area contributed by atoms with Crippen molar-refractivity contribution in [2.75, 3.05) is 0 Å². The fourth-order valence-electron chi connectivity index (χ4n) is 2.13. The minimum Gasteiger partial charge on any atom is -0.306 e. The summed E-state index contributed by atoms with van der Waals surface area (Å²) in [6, 6.07) is 8.74. The maximum absolute atomic E-state index is 13.6. The first-order valence-electron chi connectivity index (χ1n) is 6.63. The highest BCUT2D eigenvalue weighted by molar-refractivity contribution is 6.30. The van der Waals surface area contributed by atoms with Gasteiger partial charge in [0.1, 0.15) is 5.82 Å². The van der Waals surface area contributed by atoms with Crippen LogP contribution in [0.25, 0.3) is 0 Å². The Morgan fingerprint density at radius 3 is 2.24 bits per heavy atom. The standard InChI is InChI=1S/C16H15ClF3N/c1-2-16(10-3-5-12(17)6-4-10)21-9-11-7-14(19)15(20)8-13(11)18/h3-8,16,21H,2,9H2,1H3. The molecule has 0 radical (unpaired) electrons. The summed E-state index contributed by atoms with van der Waals surface area (Å²) in [6.07, 6.45) is 0.771. The van der Waals surface area contributed by atoms with Crippen LogP contribution in [-0.4, -0.2) is 0 Å². The van der Waals surface area contributed by atoms with Crippen LogP contribution in [0, 0.1) is 17.5 Å². The lowest BCUT2D eigenvalue weighted by atomic mass is 10.0. The molecule has 0 heterocycles. The summed E-state index contributed by atoms with van der Waals surface area (Å²) >= 11 is 5.84. The van der Waals surface area contributed by atoms with E-state index in [2.05, 4.69) is 5.32 Å². The molecule has 1 nitrogen and oxygen atoms in total. The van der Waals surface area contributed by atoms with Crippen LogP contribution in [0.3, 0.4) is 0 Å². The second-order valence-corrected chi connectivity index (χ2v) is 5.19. The van der Waals surface area contributed by atoms with Gasteiger partial charge < -0.3 is 5.32 Å². The molecule has 112 valence electrons. The summed E-state index contributed by atoms with van der Waals surface area (Å²) in [5.41, 5.74) is 1.10.